The van der Waals surface area contributed by atoms with Crippen LogP contribution in [-0.4, -0.2) is 33.3 Å². The summed E-state index contributed by atoms with van der Waals surface area (Å²) in [5.41, 5.74) is 2.05. The van der Waals surface area contributed by atoms with Crippen molar-refractivity contribution in [3.05, 3.63) is 66.5 Å². The first-order valence-corrected chi connectivity index (χ1v) is 12.4. The lowest BCUT2D eigenvalue weighted by Crippen LogP contribution is -2.09. The highest BCUT2D eigenvalue weighted by molar-refractivity contribution is 7.25. The zero-order valence-corrected chi connectivity index (χ0v) is 21.2. The van der Waals surface area contributed by atoms with E-state index in [1.807, 2.05) is 19.9 Å². The van der Waals surface area contributed by atoms with Gasteiger partial charge in [0, 0.05) is 49.0 Å². The van der Waals surface area contributed by atoms with Crippen LogP contribution in [0.15, 0.2) is 86.9 Å². The summed E-state index contributed by atoms with van der Waals surface area (Å²) in [5.74, 6) is -0.00694. The molecule has 0 bridgehead atoms. The number of hydrogen-bond donors (Lipinski definition) is 4. The number of phenolic OH excluding ortho intramolecular Hbond substituents is 1. The molecule has 182 valence electrons. The highest BCUT2D eigenvalue weighted by Gasteiger charge is 2.10. The highest BCUT2D eigenvalue weighted by Crippen LogP contribution is 2.38. The Bertz CT molecular complexity index is 1290. The van der Waals surface area contributed by atoms with Crippen LogP contribution in [0, 0.1) is 0 Å². The molecule has 4 N–H and O–H groups in total. The number of rotatable bonds is 11. The van der Waals surface area contributed by atoms with Crippen molar-refractivity contribution in [3.8, 4) is 15.5 Å². The van der Waals surface area contributed by atoms with Gasteiger partial charge in [0.05, 0.1) is 9.75 Å². The molecule has 0 spiro atoms. The van der Waals surface area contributed by atoms with E-state index in [2.05, 4.69) is 47.6 Å². The quantitative estimate of drug-likeness (QED) is 0.121. The molecule has 0 saturated heterocycles. The van der Waals surface area contributed by atoms with Gasteiger partial charge in [-0.2, -0.15) is 0 Å². The van der Waals surface area contributed by atoms with Gasteiger partial charge in [-0.05, 0) is 32.9 Å². The van der Waals surface area contributed by atoms with Crippen molar-refractivity contribution in [2.45, 2.75) is 20.8 Å². The second kappa shape index (κ2) is 12.5. The van der Waals surface area contributed by atoms with Gasteiger partial charge in [-0.15, -0.1) is 20.5 Å². The third-order valence-electron chi connectivity index (χ3n) is 4.32. The van der Waals surface area contributed by atoms with Crippen molar-refractivity contribution >= 4 is 44.3 Å². The Morgan fingerprint density at radius 1 is 1.06 bits per heavy atom. The minimum atomic E-state index is -0.0428. The summed E-state index contributed by atoms with van der Waals surface area (Å²) >= 11 is 2.67. The lowest BCUT2D eigenvalue weighted by Gasteiger charge is -2.04. The Balaban J connectivity index is 1.68. The first-order valence-electron chi connectivity index (χ1n) is 10.8. The first-order chi connectivity index (χ1) is 16.9. The zero-order valence-electron chi connectivity index (χ0n) is 19.6. The van der Waals surface area contributed by atoms with Gasteiger partial charge in [0.1, 0.15) is 22.9 Å². The number of phenols is 1. The molecule has 0 aliphatic carbocycles. The Morgan fingerprint density at radius 3 is 2.34 bits per heavy atom. The van der Waals surface area contributed by atoms with E-state index in [-0.39, 0.29) is 11.5 Å². The zero-order chi connectivity index (χ0) is 25.2. The summed E-state index contributed by atoms with van der Waals surface area (Å²) in [5, 5.41) is 43.8. The number of aliphatic hydroxyl groups is 1. The third-order valence-corrected chi connectivity index (χ3v) is 6.28. The number of aromatic nitrogens is 2. The van der Waals surface area contributed by atoms with Crippen LogP contribution in [0.4, 0.5) is 21.6 Å². The Hall–Kier alpha value is -3.90. The summed E-state index contributed by atoms with van der Waals surface area (Å²) in [6.45, 7) is 10.9. The average molecular weight is 511 g/mol. The second-order valence-electron chi connectivity index (χ2n) is 6.91. The molecule has 3 aromatic rings. The van der Waals surface area contributed by atoms with Crippen molar-refractivity contribution in [3.63, 3.8) is 0 Å². The molecule has 0 unspecified atom stereocenters. The maximum Gasteiger partial charge on any atom is 0.230 e. The number of likely N-dealkylation sites (N-methyl/N-ethyl adjacent to an activating group) is 1. The normalized spacial score (nSPS) is 12.5. The van der Waals surface area contributed by atoms with Crippen molar-refractivity contribution in [2.75, 3.05) is 18.4 Å². The molecule has 0 fully saturated rings. The molecular weight excluding hydrogens is 484 g/mol. The van der Waals surface area contributed by atoms with Crippen LogP contribution in [-0.2, 0) is 0 Å². The van der Waals surface area contributed by atoms with Gasteiger partial charge in [-0.1, -0.05) is 35.3 Å². The van der Waals surface area contributed by atoms with Crippen LogP contribution in [0.2, 0.25) is 0 Å². The molecule has 1 aromatic carbocycles. The van der Waals surface area contributed by atoms with E-state index in [1.165, 1.54) is 28.7 Å². The number of hydrogen-bond acceptors (Lipinski definition) is 12. The van der Waals surface area contributed by atoms with Gasteiger partial charge >= 0.3 is 0 Å². The number of anilines is 1. The van der Waals surface area contributed by atoms with Gasteiger partial charge in [0.25, 0.3) is 0 Å². The fourth-order valence-electron chi connectivity index (χ4n) is 2.74. The van der Waals surface area contributed by atoms with Gasteiger partial charge in [0.15, 0.2) is 0 Å². The molecule has 12 heteroatoms. The molecule has 0 aliphatic rings. The number of aromatic hydroxyl groups is 1. The van der Waals surface area contributed by atoms with Crippen LogP contribution in [0.25, 0.3) is 9.75 Å². The van der Waals surface area contributed by atoms with E-state index in [0.717, 1.165) is 22.0 Å². The summed E-state index contributed by atoms with van der Waals surface area (Å²) in [4.78, 5) is 10.2. The van der Waals surface area contributed by atoms with E-state index in [4.69, 9.17) is 0 Å². The molecule has 0 aliphatic heterocycles. The summed E-state index contributed by atoms with van der Waals surface area (Å²) in [6, 6.07) is 5.12. The smallest absolute Gasteiger partial charge is 0.230 e. The van der Waals surface area contributed by atoms with Crippen molar-refractivity contribution in [1.82, 2.24) is 15.3 Å². The number of nitrogens with zero attached hydrogens (tertiary/aromatic N) is 6. The van der Waals surface area contributed by atoms with Gasteiger partial charge < -0.3 is 20.8 Å². The number of thiazole rings is 2. The second-order valence-corrected chi connectivity index (χ2v) is 8.93. The molecule has 2 aromatic heterocycles. The third kappa shape index (κ3) is 7.29. The average Bonchev–Trinajstić information content (AvgIpc) is 3.49. The van der Waals surface area contributed by atoms with Gasteiger partial charge in [-0.3, -0.25) is 0 Å². The lowest BCUT2D eigenvalue weighted by atomic mass is 10.2. The van der Waals surface area contributed by atoms with E-state index in [0.29, 0.717) is 33.9 Å². The molecule has 10 nitrogen and oxygen atoms in total. The predicted octanol–water partition coefficient (Wildman–Crippen LogP) is 7.37. The number of azo groups is 2. The molecular formula is C23H26N8O2S2. The fraction of sp³-hybridized carbons (Fsp3) is 0.217. The standard InChI is InChI=1S/C23H26N8O2S2/c1-5-16(18(32)10-14(4)24-6-2)28-30-22-26-12-20(34-22)21-13-27-23(35-21)31-29-17-9-8-15(25-7-3)11-19(17)33/h5,8-13,24-25,32-33H,4,6-7H2,1-3H3/b16-5+,18-10+,30-28?,31-29?. The minimum absolute atomic E-state index is 0.0359. The number of benzene rings is 1. The maximum absolute atomic E-state index is 10.2. The Morgan fingerprint density at radius 2 is 1.74 bits per heavy atom. The molecule has 0 amide bonds. The van der Waals surface area contributed by atoms with E-state index in [1.54, 1.807) is 37.5 Å². The Kier molecular flexibility index (Phi) is 9.21. The largest absolute Gasteiger partial charge is 0.506 e. The molecule has 2 heterocycles. The number of allylic oxidation sites excluding steroid dienone is 2. The highest BCUT2D eigenvalue weighted by atomic mass is 32.1. The van der Waals surface area contributed by atoms with Crippen molar-refractivity contribution in [2.24, 2.45) is 20.5 Å². The first kappa shape index (κ1) is 25.7. The fourth-order valence-corrected chi connectivity index (χ4v) is 4.27. The SMILES string of the molecule is C=C(/C=C(O)\C(=C/C)N=Nc1ncc(-c2cnc(N=Nc3ccc(NCC)cc3O)s2)s1)NCC. The summed E-state index contributed by atoms with van der Waals surface area (Å²) < 4.78 is 0. The van der Waals surface area contributed by atoms with Crippen LogP contribution in [0.1, 0.15) is 20.8 Å². The molecule has 35 heavy (non-hydrogen) atoms. The maximum atomic E-state index is 10.2. The van der Waals surface area contributed by atoms with Crippen LogP contribution >= 0.6 is 22.7 Å². The van der Waals surface area contributed by atoms with Crippen LogP contribution in [0.5, 0.6) is 5.75 Å². The summed E-state index contributed by atoms with van der Waals surface area (Å²) in [6.07, 6.45) is 6.50. The predicted molar refractivity (Wildman–Crippen MR) is 141 cm³/mol. The number of aliphatic hydroxyl groups excluding tert-OH is 1. The lowest BCUT2D eigenvalue weighted by molar-refractivity contribution is 0.420. The van der Waals surface area contributed by atoms with Gasteiger partial charge in [0.2, 0.25) is 10.3 Å². The number of nitrogens with one attached hydrogen (secondary N) is 2. The molecule has 0 radical (unpaired) electrons. The van der Waals surface area contributed by atoms with E-state index in [9.17, 15) is 10.2 Å². The van der Waals surface area contributed by atoms with E-state index < -0.39 is 0 Å². The van der Waals surface area contributed by atoms with E-state index >= 15 is 0 Å². The molecule has 0 saturated carbocycles. The van der Waals surface area contributed by atoms with Crippen LogP contribution < -0.4 is 10.6 Å². The van der Waals surface area contributed by atoms with Gasteiger partial charge in [-0.25, -0.2) is 9.97 Å². The molecule has 3 rings (SSSR count). The van der Waals surface area contributed by atoms with Crippen molar-refractivity contribution < 1.29 is 10.2 Å². The van der Waals surface area contributed by atoms with Crippen molar-refractivity contribution in [1.29, 1.82) is 0 Å². The minimum Gasteiger partial charge on any atom is -0.506 e. The van der Waals surface area contributed by atoms with Crippen LogP contribution in [0.3, 0.4) is 0 Å². The Labute approximate surface area is 211 Å². The molecule has 0 atom stereocenters. The monoisotopic (exact) mass is 510 g/mol. The summed E-state index contributed by atoms with van der Waals surface area (Å²) in [7, 11) is 0. The topological polar surface area (TPSA) is 140 Å².